The Morgan fingerprint density at radius 2 is 1.83 bits per heavy atom. The van der Waals surface area contributed by atoms with Crippen molar-refractivity contribution in [2.24, 2.45) is 17.4 Å². The van der Waals surface area contributed by atoms with Crippen LogP contribution in [0, 0.1) is 5.92 Å². The van der Waals surface area contributed by atoms with Crippen molar-refractivity contribution in [3.8, 4) is 0 Å². The maximum atomic E-state index is 12.0. The molecule has 0 spiro atoms. The molecular weight excluding hydrogens is 324 g/mol. The number of ether oxygens (including phenoxy) is 1. The van der Waals surface area contributed by atoms with Gasteiger partial charge in [0.2, 0.25) is 0 Å². The summed E-state index contributed by atoms with van der Waals surface area (Å²) in [6.07, 6.45) is 0.189. The van der Waals surface area contributed by atoms with Crippen LogP contribution < -0.4 is 11.5 Å². The molecule has 0 aromatic rings. The van der Waals surface area contributed by atoms with Gasteiger partial charge in [-0.3, -0.25) is 4.79 Å². The van der Waals surface area contributed by atoms with Crippen LogP contribution in [0.5, 0.6) is 0 Å². The number of rotatable bonds is 7. The molecule has 6 nitrogen and oxygen atoms in total. The van der Waals surface area contributed by atoms with Crippen LogP contribution >= 0.6 is 17.0 Å². The molecule has 4 N–H and O–H groups in total. The molecule has 0 aromatic carbocycles. The van der Waals surface area contributed by atoms with Crippen molar-refractivity contribution in [1.29, 1.82) is 0 Å². The van der Waals surface area contributed by atoms with E-state index in [2.05, 4.69) is 0 Å². The topological polar surface area (TPSA) is 112 Å². The first-order valence-corrected chi connectivity index (χ1v) is 7.23. The first kappa shape index (κ1) is 20.1. The van der Waals surface area contributed by atoms with Crippen molar-refractivity contribution in [1.82, 2.24) is 0 Å². The molecule has 2 atom stereocenters. The molecule has 0 bridgehead atoms. The minimum atomic E-state index is -3.79. The molecule has 0 fully saturated rings. The van der Waals surface area contributed by atoms with Gasteiger partial charge in [-0.15, -0.1) is 17.0 Å². The Morgan fingerprint density at radius 3 is 2.17 bits per heavy atom. The number of esters is 1. The van der Waals surface area contributed by atoms with Gasteiger partial charge >= 0.3 is 5.97 Å². The largest absolute Gasteiger partial charge is 0.465 e. The van der Waals surface area contributed by atoms with Crippen molar-refractivity contribution in [2.45, 2.75) is 37.8 Å². The van der Waals surface area contributed by atoms with Crippen LogP contribution in [-0.2, 0) is 19.4 Å². The fourth-order valence-corrected chi connectivity index (χ4v) is 3.05. The van der Waals surface area contributed by atoms with Gasteiger partial charge in [0, 0.05) is 6.54 Å². The number of halogens is 1. The van der Waals surface area contributed by atoms with Crippen LogP contribution in [-0.4, -0.2) is 38.2 Å². The van der Waals surface area contributed by atoms with E-state index in [0.29, 0.717) is 0 Å². The van der Waals surface area contributed by atoms with E-state index in [0.717, 1.165) is 0 Å². The van der Waals surface area contributed by atoms with Crippen LogP contribution in [0.25, 0.3) is 0 Å². The predicted octanol–water partition coefficient (Wildman–Crippen LogP) is 0.200. The SMILES string of the molecule is Br.CCOC(=O)C(CC(C)C)S(=O)(=O)C(N)CN. The van der Waals surface area contributed by atoms with Crippen molar-refractivity contribution < 1.29 is 17.9 Å². The zero-order valence-electron chi connectivity index (χ0n) is 11.0. The smallest absolute Gasteiger partial charge is 0.324 e. The average molecular weight is 347 g/mol. The van der Waals surface area contributed by atoms with E-state index in [4.69, 9.17) is 16.2 Å². The molecule has 0 saturated carbocycles. The van der Waals surface area contributed by atoms with Crippen molar-refractivity contribution >= 4 is 32.8 Å². The molecule has 0 aliphatic rings. The number of carbonyl (C=O) groups excluding carboxylic acids is 1. The number of hydrogen-bond donors (Lipinski definition) is 2. The molecule has 0 radical (unpaired) electrons. The molecule has 8 heteroatoms. The van der Waals surface area contributed by atoms with Crippen LogP contribution in [0.1, 0.15) is 27.2 Å². The summed E-state index contributed by atoms with van der Waals surface area (Å²) in [5.74, 6) is -0.700. The van der Waals surface area contributed by atoms with Gasteiger partial charge < -0.3 is 16.2 Å². The lowest BCUT2D eigenvalue weighted by molar-refractivity contribution is -0.142. The normalized spacial score (nSPS) is 14.8. The van der Waals surface area contributed by atoms with Crippen molar-refractivity contribution in [3.05, 3.63) is 0 Å². The lowest BCUT2D eigenvalue weighted by Gasteiger charge is -2.21. The standard InChI is InChI=1S/C10H22N2O4S.BrH/c1-4-16-10(13)8(5-7(2)3)17(14,15)9(12)6-11;/h7-9H,4-6,11-12H2,1-3H3;1H. The Balaban J connectivity index is 0. The molecule has 110 valence electrons. The van der Waals surface area contributed by atoms with Gasteiger partial charge in [-0.2, -0.15) is 0 Å². The van der Waals surface area contributed by atoms with Crippen molar-refractivity contribution in [2.75, 3.05) is 13.2 Å². The minimum Gasteiger partial charge on any atom is -0.465 e. The summed E-state index contributed by atoms with van der Waals surface area (Å²) in [5.41, 5.74) is 10.7. The number of sulfone groups is 1. The van der Waals surface area contributed by atoms with Gasteiger partial charge in [-0.1, -0.05) is 13.8 Å². The van der Waals surface area contributed by atoms with Crippen LogP contribution in [0.4, 0.5) is 0 Å². The van der Waals surface area contributed by atoms with Crippen LogP contribution in [0.2, 0.25) is 0 Å². The lowest BCUT2D eigenvalue weighted by Crippen LogP contribution is -2.47. The first-order chi connectivity index (χ1) is 7.77. The summed E-state index contributed by atoms with van der Waals surface area (Å²) in [4.78, 5) is 11.6. The first-order valence-electron chi connectivity index (χ1n) is 5.62. The number of nitrogens with two attached hydrogens (primary N) is 2. The van der Waals surface area contributed by atoms with Crippen LogP contribution in [0.15, 0.2) is 0 Å². The molecule has 0 aromatic heterocycles. The highest BCUT2D eigenvalue weighted by Crippen LogP contribution is 2.17. The Labute approximate surface area is 119 Å². The maximum Gasteiger partial charge on any atom is 0.324 e. The number of hydrogen-bond acceptors (Lipinski definition) is 6. The highest BCUT2D eigenvalue weighted by atomic mass is 79.9. The van der Waals surface area contributed by atoms with E-state index in [1.165, 1.54) is 0 Å². The van der Waals surface area contributed by atoms with E-state index >= 15 is 0 Å². The fourth-order valence-electron chi connectivity index (χ4n) is 1.37. The molecule has 0 rings (SSSR count). The monoisotopic (exact) mass is 346 g/mol. The highest BCUT2D eigenvalue weighted by Gasteiger charge is 2.38. The summed E-state index contributed by atoms with van der Waals surface area (Å²) < 4.78 is 28.8. The Bertz CT molecular complexity index is 346. The van der Waals surface area contributed by atoms with E-state index in [1.54, 1.807) is 6.92 Å². The van der Waals surface area contributed by atoms with Crippen LogP contribution in [0.3, 0.4) is 0 Å². The molecule has 0 saturated heterocycles. The van der Waals surface area contributed by atoms with E-state index in [-0.39, 0.29) is 42.5 Å². The Kier molecular flexibility index (Phi) is 9.89. The third-order valence-corrected chi connectivity index (χ3v) is 4.50. The van der Waals surface area contributed by atoms with E-state index in [1.807, 2.05) is 13.8 Å². The zero-order chi connectivity index (χ0) is 13.6. The Hall–Kier alpha value is -0.180. The quantitative estimate of drug-likeness (QED) is 0.636. The molecule has 18 heavy (non-hydrogen) atoms. The summed E-state index contributed by atoms with van der Waals surface area (Å²) in [6.45, 7) is 5.21. The minimum absolute atomic E-state index is 0. The molecule has 0 amide bonds. The third kappa shape index (κ3) is 5.64. The summed E-state index contributed by atoms with van der Waals surface area (Å²) >= 11 is 0. The molecule has 0 aliphatic carbocycles. The second-order valence-corrected chi connectivity index (χ2v) is 6.59. The van der Waals surface area contributed by atoms with Gasteiger partial charge in [-0.25, -0.2) is 8.42 Å². The molecular formula is C10H23BrN2O4S. The van der Waals surface area contributed by atoms with E-state index in [9.17, 15) is 13.2 Å². The molecule has 0 aliphatic heterocycles. The lowest BCUT2D eigenvalue weighted by atomic mass is 10.1. The second-order valence-electron chi connectivity index (χ2n) is 4.23. The maximum absolute atomic E-state index is 12.0. The third-order valence-electron chi connectivity index (χ3n) is 2.29. The summed E-state index contributed by atoms with van der Waals surface area (Å²) in [7, 11) is -3.79. The summed E-state index contributed by atoms with van der Waals surface area (Å²) in [5, 5.41) is -2.45. The van der Waals surface area contributed by atoms with Crippen molar-refractivity contribution in [3.63, 3.8) is 0 Å². The predicted molar refractivity (Wildman–Crippen MR) is 76.1 cm³/mol. The average Bonchev–Trinajstić information content (AvgIpc) is 2.24. The fraction of sp³-hybridized carbons (Fsp3) is 0.900. The number of carbonyl (C=O) groups is 1. The molecule has 2 unspecified atom stereocenters. The summed E-state index contributed by atoms with van der Waals surface area (Å²) in [6, 6.07) is 0. The van der Waals surface area contributed by atoms with E-state index < -0.39 is 26.4 Å². The van der Waals surface area contributed by atoms with Gasteiger partial charge in [0.05, 0.1) is 6.61 Å². The van der Waals surface area contributed by atoms with Gasteiger partial charge in [0.25, 0.3) is 0 Å². The van der Waals surface area contributed by atoms with Gasteiger partial charge in [0.15, 0.2) is 15.1 Å². The zero-order valence-corrected chi connectivity index (χ0v) is 13.5. The molecule has 0 heterocycles. The highest BCUT2D eigenvalue weighted by molar-refractivity contribution is 8.93. The van der Waals surface area contributed by atoms with Gasteiger partial charge in [0.1, 0.15) is 5.37 Å². The Morgan fingerprint density at radius 1 is 1.33 bits per heavy atom. The van der Waals surface area contributed by atoms with Gasteiger partial charge in [-0.05, 0) is 19.3 Å². The second kappa shape index (κ2) is 8.84.